The highest BCUT2D eigenvalue weighted by Crippen LogP contribution is 2.12. The number of pyridine rings is 1. The summed E-state index contributed by atoms with van der Waals surface area (Å²) in [7, 11) is 0. The van der Waals surface area contributed by atoms with Crippen LogP contribution >= 0.6 is 12.4 Å². The molecule has 0 aliphatic carbocycles. The molecule has 0 aliphatic heterocycles. The minimum Gasteiger partial charge on any atom is -0.491 e. The van der Waals surface area contributed by atoms with Crippen LogP contribution in [0, 0.1) is 0 Å². The zero-order valence-electron chi connectivity index (χ0n) is 18.4. The number of halogens is 1. The van der Waals surface area contributed by atoms with E-state index in [9.17, 15) is 9.90 Å². The van der Waals surface area contributed by atoms with Crippen molar-refractivity contribution in [3.8, 4) is 11.5 Å². The number of aliphatic hydroxyl groups is 1. The van der Waals surface area contributed by atoms with E-state index in [2.05, 4.69) is 15.6 Å². The summed E-state index contributed by atoms with van der Waals surface area (Å²) in [5.74, 6) is 1.22. The van der Waals surface area contributed by atoms with Gasteiger partial charge in [-0.15, -0.1) is 12.4 Å². The normalized spacial score (nSPS) is 11.2. The molecule has 1 atom stereocenters. The third kappa shape index (κ3) is 10.4. The Hall–Kier alpha value is -3.13. The third-order valence-electron chi connectivity index (χ3n) is 4.69. The number of carbonyl (C=O) groups excluding carboxylic acids is 1. The Morgan fingerprint density at radius 1 is 0.909 bits per heavy atom. The molecule has 3 aromatic rings. The van der Waals surface area contributed by atoms with Crippen LogP contribution in [0.15, 0.2) is 79.1 Å². The number of para-hydroxylation sites is 1. The number of hydrogen-bond donors (Lipinski definition) is 3. The molecule has 33 heavy (non-hydrogen) atoms. The molecule has 1 aromatic heterocycles. The van der Waals surface area contributed by atoms with Gasteiger partial charge in [0, 0.05) is 25.5 Å². The third-order valence-corrected chi connectivity index (χ3v) is 4.69. The van der Waals surface area contributed by atoms with Gasteiger partial charge in [-0.25, -0.2) is 0 Å². The van der Waals surface area contributed by atoms with Gasteiger partial charge in [-0.1, -0.05) is 30.3 Å². The van der Waals surface area contributed by atoms with Crippen LogP contribution in [0.4, 0.5) is 0 Å². The molecule has 0 spiro atoms. The number of carbonyl (C=O) groups is 1. The number of rotatable bonds is 13. The van der Waals surface area contributed by atoms with E-state index in [1.165, 1.54) is 0 Å². The molecule has 8 heteroatoms. The summed E-state index contributed by atoms with van der Waals surface area (Å²) in [6.45, 7) is 1.86. The Labute approximate surface area is 200 Å². The maximum absolute atomic E-state index is 11.9. The molecule has 0 saturated carbocycles. The van der Waals surface area contributed by atoms with Crippen LogP contribution in [0.3, 0.4) is 0 Å². The Bertz CT molecular complexity index is 927. The largest absolute Gasteiger partial charge is 0.491 e. The Morgan fingerprint density at radius 3 is 2.33 bits per heavy atom. The molecule has 0 aliphatic rings. The Morgan fingerprint density at radius 2 is 1.61 bits per heavy atom. The minimum absolute atomic E-state index is 0. The van der Waals surface area contributed by atoms with Gasteiger partial charge in [-0.05, 0) is 60.5 Å². The van der Waals surface area contributed by atoms with Gasteiger partial charge in [-0.3, -0.25) is 9.78 Å². The average Bonchev–Trinajstić information content (AvgIpc) is 2.85. The standard InChI is InChI=1S/C25H29N3O4.ClH/c29-22(18-31-23-4-2-1-3-5-23)17-27-15-10-20-6-8-24(9-7-20)32-19-25(30)28-16-21-11-13-26-14-12-21;/h1-9,11-14,22,27,29H,10,15-19H2,(H,28,30);1H. The molecule has 0 radical (unpaired) electrons. The van der Waals surface area contributed by atoms with Crippen molar-refractivity contribution < 1.29 is 19.4 Å². The summed E-state index contributed by atoms with van der Waals surface area (Å²) in [6, 6.07) is 20.8. The Balaban J connectivity index is 0.00000385. The van der Waals surface area contributed by atoms with Crippen LogP contribution in [0.2, 0.25) is 0 Å². The fraction of sp³-hybridized carbons (Fsp3) is 0.280. The van der Waals surface area contributed by atoms with Crippen molar-refractivity contribution in [3.05, 3.63) is 90.3 Å². The number of ether oxygens (including phenoxy) is 2. The molecular formula is C25H30ClN3O4. The van der Waals surface area contributed by atoms with Gasteiger partial charge < -0.3 is 25.2 Å². The molecule has 3 rings (SSSR count). The topological polar surface area (TPSA) is 92.7 Å². The number of nitrogens with one attached hydrogen (secondary N) is 2. The van der Waals surface area contributed by atoms with Crippen LogP contribution in [0.1, 0.15) is 11.1 Å². The number of amides is 1. The molecular weight excluding hydrogens is 442 g/mol. The van der Waals surface area contributed by atoms with Crippen molar-refractivity contribution in [2.75, 3.05) is 26.3 Å². The summed E-state index contributed by atoms with van der Waals surface area (Å²) in [4.78, 5) is 15.9. The highest BCUT2D eigenvalue weighted by molar-refractivity contribution is 5.85. The molecule has 2 aromatic carbocycles. The lowest BCUT2D eigenvalue weighted by atomic mass is 10.1. The first-order chi connectivity index (χ1) is 15.7. The lowest BCUT2D eigenvalue weighted by Gasteiger charge is -2.13. The molecule has 0 saturated heterocycles. The predicted molar refractivity (Wildman–Crippen MR) is 130 cm³/mol. The first-order valence-electron chi connectivity index (χ1n) is 10.6. The number of hydrogen-bond acceptors (Lipinski definition) is 6. The maximum atomic E-state index is 11.9. The summed E-state index contributed by atoms with van der Waals surface area (Å²) >= 11 is 0. The van der Waals surface area contributed by atoms with Crippen molar-refractivity contribution in [3.63, 3.8) is 0 Å². The van der Waals surface area contributed by atoms with Gasteiger partial charge in [0.25, 0.3) is 5.91 Å². The number of benzene rings is 2. The van der Waals surface area contributed by atoms with Crippen LogP contribution in [0.25, 0.3) is 0 Å². The van der Waals surface area contributed by atoms with E-state index in [1.54, 1.807) is 12.4 Å². The highest BCUT2D eigenvalue weighted by atomic mass is 35.5. The van der Waals surface area contributed by atoms with Crippen molar-refractivity contribution >= 4 is 18.3 Å². The second-order valence-electron chi connectivity index (χ2n) is 7.30. The molecule has 176 valence electrons. The SMILES string of the molecule is Cl.O=C(COc1ccc(CCNCC(O)COc2ccccc2)cc1)NCc1ccncc1. The van der Waals surface area contributed by atoms with Gasteiger partial charge in [-0.2, -0.15) is 0 Å². The summed E-state index contributed by atoms with van der Waals surface area (Å²) in [5, 5.41) is 16.1. The van der Waals surface area contributed by atoms with E-state index < -0.39 is 6.10 Å². The zero-order valence-corrected chi connectivity index (χ0v) is 19.2. The number of aliphatic hydroxyl groups excluding tert-OH is 1. The van der Waals surface area contributed by atoms with Crippen molar-refractivity contribution in [1.29, 1.82) is 0 Å². The molecule has 0 fully saturated rings. The van der Waals surface area contributed by atoms with Gasteiger partial charge in [0.05, 0.1) is 0 Å². The average molecular weight is 472 g/mol. The molecule has 1 amide bonds. The van der Waals surface area contributed by atoms with Gasteiger partial charge in [0.15, 0.2) is 6.61 Å². The van der Waals surface area contributed by atoms with Crippen LogP contribution < -0.4 is 20.1 Å². The van der Waals surface area contributed by atoms with Gasteiger partial charge in [0.2, 0.25) is 0 Å². The summed E-state index contributed by atoms with van der Waals surface area (Å²) in [5.41, 5.74) is 2.13. The fourth-order valence-electron chi connectivity index (χ4n) is 2.92. The molecule has 0 bridgehead atoms. The van der Waals surface area contributed by atoms with Crippen LogP contribution in [-0.4, -0.2) is 48.4 Å². The lowest BCUT2D eigenvalue weighted by Crippen LogP contribution is -2.32. The van der Waals surface area contributed by atoms with E-state index in [0.29, 0.717) is 18.8 Å². The van der Waals surface area contributed by atoms with E-state index in [-0.39, 0.29) is 31.5 Å². The fourth-order valence-corrected chi connectivity index (χ4v) is 2.92. The van der Waals surface area contributed by atoms with Crippen LogP contribution in [0.5, 0.6) is 11.5 Å². The van der Waals surface area contributed by atoms with E-state index >= 15 is 0 Å². The summed E-state index contributed by atoms with van der Waals surface area (Å²) < 4.78 is 11.1. The predicted octanol–water partition coefficient (Wildman–Crippen LogP) is 2.77. The number of aromatic nitrogens is 1. The molecule has 1 heterocycles. The zero-order chi connectivity index (χ0) is 22.4. The van der Waals surface area contributed by atoms with Crippen LogP contribution in [-0.2, 0) is 17.8 Å². The van der Waals surface area contributed by atoms with Gasteiger partial charge in [0.1, 0.15) is 24.2 Å². The van der Waals surface area contributed by atoms with E-state index in [4.69, 9.17) is 9.47 Å². The van der Waals surface area contributed by atoms with Crippen molar-refractivity contribution in [2.45, 2.75) is 19.1 Å². The van der Waals surface area contributed by atoms with E-state index in [1.807, 2.05) is 66.7 Å². The molecule has 3 N–H and O–H groups in total. The minimum atomic E-state index is -0.573. The quantitative estimate of drug-likeness (QED) is 0.332. The Kier molecular flexibility index (Phi) is 11.7. The van der Waals surface area contributed by atoms with Crippen molar-refractivity contribution in [1.82, 2.24) is 15.6 Å². The molecule has 7 nitrogen and oxygen atoms in total. The molecule has 1 unspecified atom stereocenters. The summed E-state index contributed by atoms with van der Waals surface area (Å²) in [6.07, 6.45) is 3.63. The van der Waals surface area contributed by atoms with E-state index in [0.717, 1.165) is 29.8 Å². The first-order valence-corrected chi connectivity index (χ1v) is 10.6. The maximum Gasteiger partial charge on any atom is 0.258 e. The monoisotopic (exact) mass is 471 g/mol. The first kappa shape index (κ1) is 26.1. The smallest absolute Gasteiger partial charge is 0.258 e. The van der Waals surface area contributed by atoms with Crippen molar-refractivity contribution in [2.24, 2.45) is 0 Å². The lowest BCUT2D eigenvalue weighted by molar-refractivity contribution is -0.123. The second kappa shape index (κ2) is 14.8. The van der Waals surface area contributed by atoms with Gasteiger partial charge >= 0.3 is 0 Å². The highest BCUT2D eigenvalue weighted by Gasteiger charge is 2.06. The second-order valence-corrected chi connectivity index (χ2v) is 7.30. The number of nitrogens with zero attached hydrogens (tertiary/aromatic N) is 1.